The second-order valence-corrected chi connectivity index (χ2v) is 7.49. The normalized spacial score (nSPS) is 11.4. The molecule has 0 saturated carbocycles. The maximum absolute atomic E-state index is 12.6. The van der Waals surface area contributed by atoms with E-state index < -0.39 is 0 Å². The first-order valence-electron chi connectivity index (χ1n) is 9.99. The largest absolute Gasteiger partial charge is 0.457 e. The molecule has 0 amide bonds. The Balaban J connectivity index is 1.45. The third kappa shape index (κ3) is 3.02. The summed E-state index contributed by atoms with van der Waals surface area (Å²) in [6.45, 7) is 0.241. The first kappa shape index (κ1) is 18.4. The second kappa shape index (κ2) is 7.32. The Morgan fingerprint density at radius 3 is 2.17 bits per heavy atom. The molecule has 0 saturated heterocycles. The van der Waals surface area contributed by atoms with Crippen LogP contribution in [0.2, 0.25) is 0 Å². The average molecular weight is 394 g/mol. The number of hydrazine groups is 1. The van der Waals surface area contributed by atoms with Crippen molar-refractivity contribution in [2.45, 2.75) is 6.61 Å². The summed E-state index contributed by atoms with van der Waals surface area (Å²) in [6, 6.07) is 26.5. The van der Waals surface area contributed by atoms with Crippen molar-refractivity contribution in [2.75, 3.05) is 19.1 Å². The van der Waals surface area contributed by atoms with E-state index in [1.807, 2.05) is 31.2 Å². The topological polar surface area (TPSA) is 41.6 Å². The van der Waals surface area contributed by atoms with Gasteiger partial charge >= 0.3 is 5.97 Å². The van der Waals surface area contributed by atoms with E-state index in [4.69, 9.17) is 4.74 Å². The molecule has 1 N–H and O–H groups in total. The highest BCUT2D eigenvalue weighted by Crippen LogP contribution is 2.36. The molecule has 0 aliphatic carbocycles. The van der Waals surface area contributed by atoms with Gasteiger partial charge < -0.3 is 9.75 Å². The molecule has 0 atom stereocenters. The summed E-state index contributed by atoms with van der Waals surface area (Å²) in [5.74, 6) is -0.320. The standard InChI is InChI=1S/C26H22N2O2/c1-27-28(2)22-13-10-20(11-14-22)26(29)30-16-21-9-8-19-7-6-17-4-3-5-18-12-15-23(21)25(19)24(17)18/h3-15,27H,16H2,1-2H3. The lowest BCUT2D eigenvalue weighted by atomic mass is 9.92. The van der Waals surface area contributed by atoms with Gasteiger partial charge in [0.1, 0.15) is 6.61 Å². The molecule has 0 aromatic heterocycles. The number of nitrogens with one attached hydrogen (secondary N) is 1. The van der Waals surface area contributed by atoms with Crippen LogP contribution in [0, 0.1) is 0 Å². The van der Waals surface area contributed by atoms with Gasteiger partial charge in [0.05, 0.1) is 11.3 Å². The first-order chi connectivity index (χ1) is 14.7. The molecular weight excluding hydrogens is 372 g/mol. The smallest absolute Gasteiger partial charge is 0.338 e. The molecule has 0 radical (unpaired) electrons. The SMILES string of the molecule is CNN(C)c1ccc(C(=O)OCc2ccc3ccc4cccc5ccc2c3c45)cc1. The third-order valence-corrected chi connectivity index (χ3v) is 5.80. The van der Waals surface area contributed by atoms with Gasteiger partial charge in [0.25, 0.3) is 0 Å². The molecule has 148 valence electrons. The summed E-state index contributed by atoms with van der Waals surface area (Å²) in [7, 11) is 3.76. The Morgan fingerprint density at radius 2 is 1.47 bits per heavy atom. The number of nitrogens with zero attached hydrogens (tertiary/aromatic N) is 1. The second-order valence-electron chi connectivity index (χ2n) is 7.49. The van der Waals surface area contributed by atoms with Crippen LogP contribution in [0.4, 0.5) is 5.69 Å². The average Bonchev–Trinajstić information content (AvgIpc) is 2.81. The quantitative estimate of drug-likeness (QED) is 0.242. The minimum absolute atomic E-state index is 0.241. The molecule has 30 heavy (non-hydrogen) atoms. The van der Waals surface area contributed by atoms with Crippen LogP contribution < -0.4 is 10.4 Å². The number of carbonyl (C=O) groups is 1. The Labute approximate surface area is 175 Å². The predicted octanol–water partition coefficient (Wildman–Crippen LogP) is 5.51. The number of benzene rings is 5. The van der Waals surface area contributed by atoms with Crippen LogP contribution in [0.3, 0.4) is 0 Å². The van der Waals surface area contributed by atoms with Crippen molar-refractivity contribution in [2.24, 2.45) is 0 Å². The lowest BCUT2D eigenvalue weighted by Gasteiger charge is -2.17. The highest BCUT2D eigenvalue weighted by Gasteiger charge is 2.13. The minimum atomic E-state index is -0.320. The van der Waals surface area contributed by atoms with Crippen LogP contribution in [0.25, 0.3) is 32.3 Å². The monoisotopic (exact) mass is 394 g/mol. The molecule has 0 unspecified atom stereocenters. The van der Waals surface area contributed by atoms with Gasteiger partial charge in [-0.2, -0.15) is 0 Å². The van der Waals surface area contributed by atoms with Gasteiger partial charge in [-0.3, -0.25) is 0 Å². The van der Waals surface area contributed by atoms with Gasteiger partial charge in [0, 0.05) is 14.1 Å². The highest BCUT2D eigenvalue weighted by atomic mass is 16.5. The predicted molar refractivity (Wildman–Crippen MR) is 123 cm³/mol. The van der Waals surface area contributed by atoms with Crippen molar-refractivity contribution >= 4 is 44.0 Å². The van der Waals surface area contributed by atoms with Gasteiger partial charge in [-0.05, 0) is 62.1 Å². The van der Waals surface area contributed by atoms with Crippen LogP contribution in [0.1, 0.15) is 15.9 Å². The lowest BCUT2D eigenvalue weighted by molar-refractivity contribution is 0.0474. The molecule has 4 heteroatoms. The summed E-state index contributed by atoms with van der Waals surface area (Å²) in [6.07, 6.45) is 0. The summed E-state index contributed by atoms with van der Waals surface area (Å²) in [5, 5.41) is 9.17. The van der Waals surface area contributed by atoms with E-state index in [0.29, 0.717) is 5.56 Å². The van der Waals surface area contributed by atoms with Gasteiger partial charge in [0.2, 0.25) is 0 Å². The number of ether oxygens (including phenoxy) is 1. The summed E-state index contributed by atoms with van der Waals surface area (Å²) >= 11 is 0. The van der Waals surface area contributed by atoms with Gasteiger partial charge in [-0.1, -0.05) is 54.6 Å². The number of anilines is 1. The fourth-order valence-corrected chi connectivity index (χ4v) is 4.10. The van der Waals surface area contributed by atoms with Crippen molar-refractivity contribution < 1.29 is 9.53 Å². The Bertz CT molecular complexity index is 1340. The number of rotatable bonds is 5. The van der Waals surface area contributed by atoms with Crippen molar-refractivity contribution in [3.8, 4) is 0 Å². The highest BCUT2D eigenvalue weighted by molar-refractivity contribution is 6.23. The van der Waals surface area contributed by atoms with E-state index in [0.717, 1.165) is 16.6 Å². The fourth-order valence-electron chi connectivity index (χ4n) is 4.10. The molecule has 5 rings (SSSR count). The van der Waals surface area contributed by atoms with Crippen LogP contribution >= 0.6 is 0 Å². The molecule has 0 heterocycles. The van der Waals surface area contributed by atoms with Crippen molar-refractivity contribution in [3.05, 3.63) is 90.0 Å². The molecule has 0 aliphatic heterocycles. The van der Waals surface area contributed by atoms with Crippen LogP contribution in [-0.4, -0.2) is 20.1 Å². The van der Waals surface area contributed by atoms with Crippen LogP contribution in [0.15, 0.2) is 78.9 Å². The zero-order valence-electron chi connectivity index (χ0n) is 17.0. The summed E-state index contributed by atoms with van der Waals surface area (Å²) in [5.41, 5.74) is 5.56. The van der Waals surface area contributed by atoms with Crippen LogP contribution in [0.5, 0.6) is 0 Å². The molecule has 4 nitrogen and oxygen atoms in total. The maximum atomic E-state index is 12.6. The van der Waals surface area contributed by atoms with Gasteiger partial charge in [-0.15, -0.1) is 0 Å². The lowest BCUT2D eigenvalue weighted by Crippen LogP contribution is -2.30. The van der Waals surface area contributed by atoms with E-state index in [-0.39, 0.29) is 12.6 Å². The first-order valence-corrected chi connectivity index (χ1v) is 9.99. The molecule has 0 fully saturated rings. The molecule has 0 bridgehead atoms. The Kier molecular flexibility index (Phi) is 4.49. The number of hydrogen-bond acceptors (Lipinski definition) is 4. The van der Waals surface area contributed by atoms with Crippen molar-refractivity contribution in [1.82, 2.24) is 5.43 Å². The van der Waals surface area contributed by atoms with Crippen LogP contribution in [-0.2, 0) is 11.3 Å². The van der Waals surface area contributed by atoms with Crippen molar-refractivity contribution in [1.29, 1.82) is 0 Å². The number of hydrogen-bond donors (Lipinski definition) is 1. The molecule has 0 spiro atoms. The van der Waals surface area contributed by atoms with Crippen molar-refractivity contribution in [3.63, 3.8) is 0 Å². The van der Waals surface area contributed by atoms with E-state index in [2.05, 4.69) is 60.0 Å². The summed E-state index contributed by atoms with van der Waals surface area (Å²) in [4.78, 5) is 12.6. The molecule has 0 aliphatic rings. The van der Waals surface area contributed by atoms with Gasteiger partial charge in [0.15, 0.2) is 0 Å². The Morgan fingerprint density at radius 1 is 0.833 bits per heavy atom. The fraction of sp³-hybridized carbons (Fsp3) is 0.115. The number of carbonyl (C=O) groups excluding carboxylic acids is 1. The third-order valence-electron chi connectivity index (χ3n) is 5.80. The van der Waals surface area contributed by atoms with E-state index in [1.54, 1.807) is 12.1 Å². The minimum Gasteiger partial charge on any atom is -0.457 e. The maximum Gasteiger partial charge on any atom is 0.338 e. The zero-order valence-corrected chi connectivity index (χ0v) is 17.0. The van der Waals surface area contributed by atoms with E-state index in [1.165, 1.54) is 26.9 Å². The van der Waals surface area contributed by atoms with E-state index >= 15 is 0 Å². The molecular formula is C26H22N2O2. The number of esters is 1. The molecule has 5 aromatic rings. The Hall–Kier alpha value is -3.63. The summed E-state index contributed by atoms with van der Waals surface area (Å²) < 4.78 is 5.66. The van der Waals surface area contributed by atoms with E-state index in [9.17, 15) is 4.79 Å². The zero-order chi connectivity index (χ0) is 20.7. The van der Waals surface area contributed by atoms with Gasteiger partial charge in [-0.25, -0.2) is 10.2 Å². The molecule has 5 aromatic carbocycles.